The van der Waals surface area contributed by atoms with Crippen LogP contribution in [-0.4, -0.2) is 84.2 Å². The Labute approximate surface area is 254 Å². The largest absolute Gasteiger partial charge is 0.497 e. The molecule has 2 aromatic rings. The van der Waals surface area contributed by atoms with E-state index in [2.05, 4.69) is 27.9 Å². The van der Waals surface area contributed by atoms with Crippen molar-refractivity contribution >= 4 is 34.4 Å². The molecule has 0 radical (unpaired) electrons. The molecular weight excluding hydrogens is 643 g/mol. The number of hydrogen-bond donors (Lipinski definition) is 4. The van der Waals surface area contributed by atoms with Crippen LogP contribution in [0.3, 0.4) is 0 Å². The normalized spacial score (nSPS) is 18.3. The van der Waals surface area contributed by atoms with Crippen LogP contribution in [0, 0.1) is 3.57 Å². The van der Waals surface area contributed by atoms with E-state index in [1.54, 1.807) is 30.2 Å². The summed E-state index contributed by atoms with van der Waals surface area (Å²) in [6.45, 7) is 1.89. The first kappa shape index (κ1) is 32.6. The predicted octanol–water partition coefficient (Wildman–Crippen LogP) is 2.59. The maximum Gasteiger partial charge on any atom is 0.247 e. The Bertz CT molecular complexity index is 1220. The molecule has 3 atom stereocenters. The van der Waals surface area contributed by atoms with Gasteiger partial charge in [-0.25, -0.2) is 0 Å². The topological polar surface area (TPSA) is 138 Å². The number of halogens is 1. The molecule has 3 rings (SSSR count). The summed E-state index contributed by atoms with van der Waals surface area (Å²) >= 11 is 2.06. The van der Waals surface area contributed by atoms with Crippen molar-refractivity contribution in [3.05, 3.63) is 62.7 Å². The van der Waals surface area contributed by atoms with Crippen molar-refractivity contribution in [3.63, 3.8) is 0 Å². The average molecular weight is 683 g/mol. The quantitative estimate of drug-likeness (QED) is 0.224. The number of hydrogen-bond acceptors (Lipinski definition) is 8. The summed E-state index contributed by atoms with van der Waals surface area (Å²) in [7, 11) is 3.07. The van der Waals surface area contributed by atoms with Crippen LogP contribution < -0.4 is 19.5 Å². The molecular formula is C30H39IN2O8. The highest BCUT2D eigenvalue weighted by molar-refractivity contribution is 14.1. The molecule has 3 unspecified atom stereocenters. The number of carbonyl (C=O) groups is 2. The summed E-state index contributed by atoms with van der Waals surface area (Å²) in [6.07, 6.45) is 0.969. The van der Waals surface area contributed by atoms with Gasteiger partial charge in [-0.05, 0) is 76.9 Å². The predicted molar refractivity (Wildman–Crippen MR) is 162 cm³/mol. The van der Waals surface area contributed by atoms with Gasteiger partial charge in [-0.1, -0.05) is 19.1 Å². The van der Waals surface area contributed by atoms with E-state index >= 15 is 0 Å². The summed E-state index contributed by atoms with van der Waals surface area (Å²) < 4.78 is 17.8. The summed E-state index contributed by atoms with van der Waals surface area (Å²) in [6, 6.07) is 10.2. The molecule has 224 valence electrons. The first-order chi connectivity index (χ1) is 19.8. The van der Waals surface area contributed by atoms with Gasteiger partial charge in [0.05, 0.1) is 37.0 Å². The monoisotopic (exact) mass is 682 g/mol. The first-order valence-corrected chi connectivity index (χ1v) is 14.7. The average Bonchev–Trinajstić information content (AvgIpc) is 2.98. The van der Waals surface area contributed by atoms with Gasteiger partial charge in [-0.2, -0.15) is 0 Å². The minimum Gasteiger partial charge on any atom is -0.497 e. The van der Waals surface area contributed by atoms with Crippen molar-refractivity contribution in [1.29, 1.82) is 0 Å². The Morgan fingerprint density at radius 1 is 1.12 bits per heavy atom. The lowest BCUT2D eigenvalue weighted by Gasteiger charge is -2.41. The number of amides is 2. The zero-order valence-electron chi connectivity index (χ0n) is 23.6. The fourth-order valence-electron chi connectivity index (χ4n) is 4.81. The van der Waals surface area contributed by atoms with Crippen LogP contribution in [0.25, 0.3) is 0 Å². The molecule has 10 nitrogen and oxygen atoms in total. The van der Waals surface area contributed by atoms with Gasteiger partial charge in [-0.3, -0.25) is 9.59 Å². The van der Waals surface area contributed by atoms with E-state index in [-0.39, 0.29) is 38.5 Å². The van der Waals surface area contributed by atoms with Crippen molar-refractivity contribution < 1.29 is 39.1 Å². The van der Waals surface area contributed by atoms with E-state index in [0.29, 0.717) is 51.3 Å². The highest BCUT2D eigenvalue weighted by Gasteiger charge is 2.40. The van der Waals surface area contributed by atoms with E-state index in [4.69, 9.17) is 14.2 Å². The number of benzene rings is 2. The summed E-state index contributed by atoms with van der Waals surface area (Å²) in [5, 5.41) is 33.1. The van der Waals surface area contributed by atoms with Crippen molar-refractivity contribution in [2.24, 2.45) is 0 Å². The Balaban J connectivity index is 1.98. The second-order valence-electron chi connectivity index (χ2n) is 9.72. The fraction of sp³-hybridized carbons (Fsp3) is 0.467. The Morgan fingerprint density at radius 2 is 1.90 bits per heavy atom. The number of nitrogens with one attached hydrogen (secondary N) is 1. The SMILES string of the molecule is CCCC(=O)N(CCc1cccc(OC)c1)C1CC(C(=O)NCCO)=CC(Oc2c(I)cc(CO)cc2OC)C1O. The van der Waals surface area contributed by atoms with E-state index in [1.165, 1.54) is 7.11 Å². The maximum atomic E-state index is 13.4. The van der Waals surface area contributed by atoms with Crippen molar-refractivity contribution in [2.75, 3.05) is 33.9 Å². The second-order valence-corrected chi connectivity index (χ2v) is 10.9. The number of methoxy groups -OCH3 is 2. The van der Waals surface area contributed by atoms with Gasteiger partial charge in [0.15, 0.2) is 11.5 Å². The number of aliphatic hydroxyl groups excluding tert-OH is 3. The molecule has 0 saturated carbocycles. The third-order valence-corrected chi connectivity index (χ3v) is 7.70. The van der Waals surface area contributed by atoms with Crippen molar-refractivity contribution in [3.8, 4) is 17.2 Å². The van der Waals surface area contributed by atoms with Gasteiger partial charge < -0.3 is 39.7 Å². The molecule has 0 bridgehead atoms. The standard InChI is InChI=1S/C30H39IN2O8/c1-4-6-27(36)33(11-9-19-7-5-8-22(13-19)39-2)24-16-21(30(38)32-10-12-34)17-25(28(24)37)41-29-23(31)14-20(18-35)15-26(29)40-3/h5,7-8,13-15,17,24-25,28,34-35,37H,4,6,9-12,16,18H2,1-3H3,(H,32,38). The van der Waals surface area contributed by atoms with Crippen molar-refractivity contribution in [1.82, 2.24) is 10.2 Å². The van der Waals surface area contributed by atoms with Gasteiger partial charge in [0.1, 0.15) is 18.0 Å². The number of nitrogens with zero attached hydrogens (tertiary/aromatic N) is 1. The lowest BCUT2D eigenvalue weighted by atomic mass is 9.87. The molecule has 0 heterocycles. The van der Waals surface area contributed by atoms with E-state index in [9.17, 15) is 24.9 Å². The molecule has 1 aliphatic rings. The Kier molecular flexibility index (Phi) is 12.7. The number of ether oxygens (including phenoxy) is 3. The van der Waals surface area contributed by atoms with Crippen molar-refractivity contribution in [2.45, 2.75) is 57.5 Å². The van der Waals surface area contributed by atoms with Crippen LogP contribution >= 0.6 is 22.6 Å². The number of rotatable bonds is 14. The van der Waals surface area contributed by atoms with Crippen LogP contribution in [0.2, 0.25) is 0 Å². The minimum atomic E-state index is -1.16. The highest BCUT2D eigenvalue weighted by Crippen LogP contribution is 2.37. The lowest BCUT2D eigenvalue weighted by molar-refractivity contribution is -0.138. The number of carbonyl (C=O) groups excluding carboxylic acids is 2. The van der Waals surface area contributed by atoms with E-state index in [1.807, 2.05) is 31.2 Å². The molecule has 0 fully saturated rings. The fourth-order valence-corrected chi connectivity index (χ4v) is 5.60. The van der Waals surface area contributed by atoms with Crippen LogP contribution in [0.15, 0.2) is 48.0 Å². The third kappa shape index (κ3) is 8.57. The molecule has 0 aromatic heterocycles. The lowest BCUT2D eigenvalue weighted by Crippen LogP contribution is -2.55. The Hall–Kier alpha value is -2.87. The summed E-state index contributed by atoms with van der Waals surface area (Å²) in [5.74, 6) is 0.893. The molecule has 41 heavy (non-hydrogen) atoms. The molecule has 2 aromatic carbocycles. The van der Waals surface area contributed by atoms with Crippen LogP contribution in [0.5, 0.6) is 17.2 Å². The molecule has 0 spiro atoms. The van der Waals surface area contributed by atoms with Gasteiger partial charge in [-0.15, -0.1) is 0 Å². The van der Waals surface area contributed by atoms with Gasteiger partial charge >= 0.3 is 0 Å². The molecule has 0 saturated heterocycles. The van der Waals surface area contributed by atoms with E-state index < -0.39 is 24.2 Å². The van der Waals surface area contributed by atoms with Crippen LogP contribution in [-0.2, 0) is 22.6 Å². The molecule has 4 N–H and O–H groups in total. The minimum absolute atomic E-state index is 0.0670. The maximum absolute atomic E-state index is 13.4. The zero-order valence-corrected chi connectivity index (χ0v) is 25.8. The summed E-state index contributed by atoms with van der Waals surface area (Å²) in [5.41, 5.74) is 1.95. The highest BCUT2D eigenvalue weighted by atomic mass is 127. The molecule has 0 aliphatic heterocycles. The zero-order chi connectivity index (χ0) is 29.9. The molecule has 11 heteroatoms. The Morgan fingerprint density at radius 3 is 2.56 bits per heavy atom. The number of aliphatic hydroxyl groups is 3. The third-order valence-electron chi connectivity index (χ3n) is 6.90. The van der Waals surface area contributed by atoms with Gasteiger partial charge in [0.2, 0.25) is 11.8 Å². The van der Waals surface area contributed by atoms with Gasteiger partial charge in [0.25, 0.3) is 0 Å². The smallest absolute Gasteiger partial charge is 0.247 e. The second kappa shape index (κ2) is 15.9. The summed E-state index contributed by atoms with van der Waals surface area (Å²) in [4.78, 5) is 28.1. The first-order valence-electron chi connectivity index (χ1n) is 13.6. The molecule has 1 aliphatic carbocycles. The van der Waals surface area contributed by atoms with Crippen LogP contribution in [0.1, 0.15) is 37.3 Å². The van der Waals surface area contributed by atoms with Crippen LogP contribution in [0.4, 0.5) is 0 Å². The van der Waals surface area contributed by atoms with E-state index in [0.717, 1.165) is 5.56 Å². The van der Waals surface area contributed by atoms with Gasteiger partial charge in [0, 0.05) is 31.5 Å². The molecule has 2 amide bonds.